The number of nitrogens with one attached hydrogen (secondary N) is 1. The molecule has 0 radical (unpaired) electrons. The van der Waals surface area contributed by atoms with Gasteiger partial charge in [-0.05, 0) is 37.9 Å². The van der Waals surface area contributed by atoms with Crippen molar-refractivity contribution in [2.75, 3.05) is 5.75 Å². The van der Waals surface area contributed by atoms with Crippen molar-refractivity contribution in [1.82, 2.24) is 5.32 Å². The summed E-state index contributed by atoms with van der Waals surface area (Å²) >= 11 is 2.13. The van der Waals surface area contributed by atoms with Crippen molar-refractivity contribution >= 4 is 11.8 Å². The zero-order valence-corrected chi connectivity index (χ0v) is 7.29. The van der Waals surface area contributed by atoms with Crippen LogP contribution in [-0.2, 0) is 0 Å². The molecule has 58 valence electrons. The Hall–Kier alpha value is 0.310. The van der Waals surface area contributed by atoms with Crippen LogP contribution in [0, 0.1) is 5.92 Å². The van der Waals surface area contributed by atoms with Gasteiger partial charge in [-0.1, -0.05) is 0 Å². The first-order valence-corrected chi connectivity index (χ1v) is 5.29. The molecular formula is C8H15NS. The Morgan fingerprint density at radius 1 is 1.30 bits per heavy atom. The Morgan fingerprint density at radius 3 is 2.70 bits per heavy atom. The van der Waals surface area contributed by atoms with Crippen LogP contribution >= 0.6 is 11.8 Å². The van der Waals surface area contributed by atoms with E-state index in [0.717, 1.165) is 17.3 Å². The lowest BCUT2D eigenvalue weighted by Crippen LogP contribution is -2.40. The quantitative estimate of drug-likeness (QED) is 0.623. The molecule has 0 aromatic rings. The third-order valence-corrected chi connectivity index (χ3v) is 3.70. The molecule has 1 aliphatic heterocycles. The first-order chi connectivity index (χ1) is 4.86. The lowest BCUT2D eigenvalue weighted by molar-refractivity contribution is 0.476. The first kappa shape index (κ1) is 6.99. The van der Waals surface area contributed by atoms with Gasteiger partial charge in [0.15, 0.2) is 0 Å². The Kier molecular flexibility index (Phi) is 1.92. The Bertz CT molecular complexity index is 122. The summed E-state index contributed by atoms with van der Waals surface area (Å²) in [5, 5.41) is 4.45. The maximum absolute atomic E-state index is 3.64. The lowest BCUT2D eigenvalue weighted by atomic mass is 10.2. The molecule has 0 amide bonds. The number of hydrogen-bond acceptors (Lipinski definition) is 2. The van der Waals surface area contributed by atoms with E-state index < -0.39 is 0 Å². The summed E-state index contributed by atoms with van der Waals surface area (Å²) in [5.74, 6) is 2.39. The van der Waals surface area contributed by atoms with Gasteiger partial charge in [-0.25, -0.2) is 0 Å². The minimum atomic E-state index is 0.770. The molecule has 0 aromatic heterocycles. The summed E-state index contributed by atoms with van der Waals surface area (Å²) in [7, 11) is 0. The van der Waals surface area contributed by atoms with Crippen molar-refractivity contribution in [2.24, 2.45) is 5.92 Å². The zero-order chi connectivity index (χ0) is 6.97. The summed E-state index contributed by atoms with van der Waals surface area (Å²) < 4.78 is 0. The zero-order valence-electron chi connectivity index (χ0n) is 6.47. The van der Waals surface area contributed by atoms with Gasteiger partial charge in [0.1, 0.15) is 0 Å². The Morgan fingerprint density at radius 2 is 2.10 bits per heavy atom. The van der Waals surface area contributed by atoms with Crippen LogP contribution < -0.4 is 5.32 Å². The van der Waals surface area contributed by atoms with E-state index in [9.17, 15) is 0 Å². The van der Waals surface area contributed by atoms with Gasteiger partial charge in [0.2, 0.25) is 0 Å². The van der Waals surface area contributed by atoms with Crippen molar-refractivity contribution in [3.8, 4) is 0 Å². The van der Waals surface area contributed by atoms with Gasteiger partial charge in [-0.15, -0.1) is 11.8 Å². The van der Waals surface area contributed by atoms with Crippen LogP contribution in [0.3, 0.4) is 0 Å². The summed E-state index contributed by atoms with van der Waals surface area (Å²) in [6.45, 7) is 2.30. The van der Waals surface area contributed by atoms with Crippen LogP contribution in [0.15, 0.2) is 0 Å². The second-order valence-corrected chi connectivity index (χ2v) is 4.73. The van der Waals surface area contributed by atoms with E-state index in [2.05, 4.69) is 24.0 Å². The van der Waals surface area contributed by atoms with E-state index >= 15 is 0 Å². The molecule has 2 atom stereocenters. The monoisotopic (exact) mass is 157 g/mol. The van der Waals surface area contributed by atoms with Gasteiger partial charge in [-0.2, -0.15) is 0 Å². The maximum atomic E-state index is 3.64. The molecule has 2 unspecified atom stereocenters. The summed E-state index contributed by atoms with van der Waals surface area (Å²) in [4.78, 5) is 0. The van der Waals surface area contributed by atoms with Crippen molar-refractivity contribution in [2.45, 2.75) is 37.6 Å². The number of thioether (sulfide) groups is 1. The van der Waals surface area contributed by atoms with Crippen molar-refractivity contribution in [3.63, 3.8) is 0 Å². The molecule has 2 rings (SSSR count). The molecule has 10 heavy (non-hydrogen) atoms. The van der Waals surface area contributed by atoms with Crippen LogP contribution in [0.4, 0.5) is 0 Å². The van der Waals surface area contributed by atoms with Crippen LogP contribution in [-0.4, -0.2) is 17.2 Å². The summed E-state index contributed by atoms with van der Waals surface area (Å²) in [6, 6.07) is 0.770. The molecule has 0 bridgehead atoms. The minimum Gasteiger partial charge on any atom is -0.303 e. The van der Waals surface area contributed by atoms with Crippen molar-refractivity contribution in [3.05, 3.63) is 0 Å². The van der Waals surface area contributed by atoms with Crippen LogP contribution in [0.25, 0.3) is 0 Å². The van der Waals surface area contributed by atoms with Crippen LogP contribution in [0.1, 0.15) is 26.2 Å². The molecule has 1 nitrogen and oxygen atoms in total. The molecule has 2 aliphatic rings. The van der Waals surface area contributed by atoms with Gasteiger partial charge in [0.05, 0.1) is 5.37 Å². The summed E-state index contributed by atoms with van der Waals surface area (Å²) in [5.41, 5.74) is 0. The third kappa shape index (κ3) is 1.48. The first-order valence-electron chi connectivity index (χ1n) is 4.24. The fourth-order valence-electron chi connectivity index (χ4n) is 1.45. The highest BCUT2D eigenvalue weighted by Crippen LogP contribution is 2.39. The average Bonchev–Trinajstić information content (AvgIpc) is 2.68. The highest BCUT2D eigenvalue weighted by atomic mass is 32.2. The highest BCUT2D eigenvalue weighted by Gasteiger charge is 2.33. The van der Waals surface area contributed by atoms with E-state index in [1.165, 1.54) is 25.0 Å². The lowest BCUT2D eigenvalue weighted by Gasteiger charge is -2.28. The van der Waals surface area contributed by atoms with Crippen molar-refractivity contribution in [1.29, 1.82) is 0 Å². The van der Waals surface area contributed by atoms with Gasteiger partial charge in [0, 0.05) is 6.04 Å². The van der Waals surface area contributed by atoms with Crippen LogP contribution in [0.2, 0.25) is 0 Å². The number of hydrogen-bond donors (Lipinski definition) is 1. The second-order valence-electron chi connectivity index (χ2n) is 3.49. The predicted molar refractivity (Wildman–Crippen MR) is 46.2 cm³/mol. The topological polar surface area (TPSA) is 12.0 Å². The van der Waals surface area contributed by atoms with Gasteiger partial charge in [0.25, 0.3) is 0 Å². The molecule has 1 saturated carbocycles. The minimum absolute atomic E-state index is 0.770. The van der Waals surface area contributed by atoms with Gasteiger partial charge < -0.3 is 5.32 Å². The number of rotatable bonds is 1. The smallest absolute Gasteiger partial charge is 0.0562 e. The maximum Gasteiger partial charge on any atom is 0.0562 e. The van der Waals surface area contributed by atoms with E-state index in [4.69, 9.17) is 0 Å². The molecule has 1 N–H and O–H groups in total. The normalized spacial score (nSPS) is 41.7. The van der Waals surface area contributed by atoms with E-state index in [1.54, 1.807) is 0 Å². The molecule has 0 spiro atoms. The average molecular weight is 157 g/mol. The predicted octanol–water partition coefficient (Wildman–Crippen LogP) is 1.84. The Labute approximate surface area is 67.0 Å². The fraction of sp³-hybridized carbons (Fsp3) is 1.00. The van der Waals surface area contributed by atoms with E-state index in [1.807, 2.05) is 0 Å². The van der Waals surface area contributed by atoms with Crippen LogP contribution in [0.5, 0.6) is 0 Å². The van der Waals surface area contributed by atoms with E-state index in [-0.39, 0.29) is 0 Å². The van der Waals surface area contributed by atoms with Gasteiger partial charge in [-0.3, -0.25) is 0 Å². The summed E-state index contributed by atoms with van der Waals surface area (Å²) in [6.07, 6.45) is 4.29. The molecule has 1 heterocycles. The van der Waals surface area contributed by atoms with Crippen molar-refractivity contribution < 1.29 is 0 Å². The fourth-order valence-corrected chi connectivity index (χ4v) is 3.07. The molecule has 0 aromatic carbocycles. The third-order valence-electron chi connectivity index (χ3n) is 2.35. The van der Waals surface area contributed by atoms with E-state index in [0.29, 0.717) is 0 Å². The highest BCUT2D eigenvalue weighted by molar-refractivity contribution is 7.99. The molecule has 1 aliphatic carbocycles. The molecular weight excluding hydrogens is 142 g/mol. The molecule has 1 saturated heterocycles. The SMILES string of the molecule is CC1CCSC(C2CC2)N1. The largest absolute Gasteiger partial charge is 0.303 e. The second kappa shape index (κ2) is 2.74. The standard InChI is InChI=1S/C8H15NS/c1-6-4-5-10-8(9-6)7-2-3-7/h6-9H,2-5H2,1H3. The molecule has 2 fully saturated rings. The molecule has 2 heteroatoms. The Balaban J connectivity index is 1.84. The van der Waals surface area contributed by atoms with Gasteiger partial charge >= 0.3 is 0 Å².